The van der Waals surface area contributed by atoms with Crippen molar-refractivity contribution >= 4 is 40.2 Å². The molecule has 0 radical (unpaired) electrons. The average molecular weight is 377 g/mol. The molecule has 0 N–H and O–H groups in total. The van der Waals surface area contributed by atoms with Crippen LogP contribution in [0.5, 0.6) is 0 Å². The van der Waals surface area contributed by atoms with Gasteiger partial charge in [-0.1, -0.05) is 35.9 Å². The maximum Gasteiger partial charge on any atom is 0.227 e. The average Bonchev–Trinajstić information content (AvgIpc) is 3.16. The highest BCUT2D eigenvalue weighted by Crippen LogP contribution is 2.23. The van der Waals surface area contributed by atoms with Gasteiger partial charge in [-0.15, -0.1) is 22.7 Å². The lowest BCUT2D eigenvalue weighted by atomic mass is 10.1. The molecule has 24 heavy (non-hydrogen) atoms. The number of carbonyl (C=O) groups excluding carboxylic acids is 1. The van der Waals surface area contributed by atoms with Gasteiger partial charge in [-0.3, -0.25) is 4.79 Å². The second-order valence-corrected chi connectivity index (χ2v) is 8.44. The maximum atomic E-state index is 12.4. The second-order valence-electron chi connectivity index (χ2n) is 5.58. The van der Waals surface area contributed by atoms with E-state index in [9.17, 15) is 4.79 Å². The molecule has 2 heterocycles. The zero-order valence-electron chi connectivity index (χ0n) is 13.5. The van der Waals surface area contributed by atoms with Gasteiger partial charge >= 0.3 is 0 Å². The Morgan fingerprint density at radius 1 is 1.21 bits per heavy atom. The van der Waals surface area contributed by atoms with Gasteiger partial charge in [0.05, 0.1) is 28.0 Å². The molecule has 0 bridgehead atoms. The highest BCUT2D eigenvalue weighted by Gasteiger charge is 2.12. The van der Waals surface area contributed by atoms with Gasteiger partial charge < -0.3 is 4.90 Å². The van der Waals surface area contributed by atoms with Crippen LogP contribution in [0, 0.1) is 6.92 Å². The van der Waals surface area contributed by atoms with Crippen LogP contribution in [0.4, 0.5) is 0 Å². The molecule has 3 aromatic rings. The van der Waals surface area contributed by atoms with Gasteiger partial charge in [0, 0.05) is 22.9 Å². The van der Waals surface area contributed by atoms with Crippen LogP contribution in [0.1, 0.15) is 15.4 Å². The molecule has 2 aromatic heterocycles. The molecule has 1 amide bonds. The molecular formula is C18H17ClN2OS2. The van der Waals surface area contributed by atoms with Crippen LogP contribution in [0.25, 0.3) is 11.3 Å². The Morgan fingerprint density at radius 2 is 1.96 bits per heavy atom. The monoisotopic (exact) mass is 376 g/mol. The fourth-order valence-corrected chi connectivity index (χ4v) is 4.12. The summed E-state index contributed by atoms with van der Waals surface area (Å²) in [6.45, 7) is 2.59. The van der Waals surface area contributed by atoms with E-state index in [-0.39, 0.29) is 5.91 Å². The molecule has 0 aliphatic carbocycles. The minimum atomic E-state index is 0.0942. The van der Waals surface area contributed by atoms with Gasteiger partial charge in [-0.25, -0.2) is 4.98 Å². The Labute approximate surface area is 154 Å². The van der Waals surface area contributed by atoms with Crippen LogP contribution in [-0.4, -0.2) is 22.8 Å². The van der Waals surface area contributed by atoms with E-state index in [4.69, 9.17) is 11.6 Å². The number of halogens is 1. The van der Waals surface area contributed by atoms with E-state index in [1.54, 1.807) is 16.2 Å². The van der Waals surface area contributed by atoms with Crippen LogP contribution in [0.3, 0.4) is 0 Å². The smallest absolute Gasteiger partial charge is 0.227 e. The number of carbonyl (C=O) groups is 1. The molecule has 0 unspecified atom stereocenters. The van der Waals surface area contributed by atoms with Crippen molar-refractivity contribution in [2.75, 3.05) is 7.05 Å². The summed E-state index contributed by atoms with van der Waals surface area (Å²) in [5, 5.41) is 3.11. The van der Waals surface area contributed by atoms with Crippen molar-refractivity contribution in [2.45, 2.75) is 19.9 Å². The van der Waals surface area contributed by atoms with E-state index in [1.807, 2.05) is 50.4 Å². The Kier molecular flexibility index (Phi) is 5.33. The number of rotatable bonds is 5. The number of benzene rings is 1. The SMILES string of the molecule is Cc1nc(-c2ccc(CC(=O)N(C)Cc3ccc(Cl)s3)cc2)cs1. The van der Waals surface area contributed by atoms with Crippen LogP contribution in [0.2, 0.25) is 4.34 Å². The quantitative estimate of drug-likeness (QED) is 0.625. The van der Waals surface area contributed by atoms with E-state index >= 15 is 0 Å². The van der Waals surface area contributed by atoms with Gasteiger partial charge in [0.1, 0.15) is 0 Å². The Morgan fingerprint density at radius 3 is 2.54 bits per heavy atom. The molecule has 124 valence electrons. The summed E-state index contributed by atoms with van der Waals surface area (Å²) in [7, 11) is 1.82. The zero-order chi connectivity index (χ0) is 17.1. The van der Waals surface area contributed by atoms with Gasteiger partial charge in [-0.2, -0.15) is 0 Å². The van der Waals surface area contributed by atoms with Crippen LogP contribution < -0.4 is 0 Å². The first-order valence-corrected chi connectivity index (χ1v) is 9.58. The molecule has 0 fully saturated rings. The molecule has 1 aromatic carbocycles. The lowest BCUT2D eigenvalue weighted by Crippen LogP contribution is -2.27. The molecule has 0 spiro atoms. The van der Waals surface area contributed by atoms with Gasteiger partial charge in [0.15, 0.2) is 0 Å². The van der Waals surface area contributed by atoms with Crippen molar-refractivity contribution < 1.29 is 4.79 Å². The standard InChI is InChI=1S/C18H17ClN2OS2/c1-12-20-16(11-23-12)14-5-3-13(4-6-14)9-18(22)21(2)10-15-7-8-17(19)24-15/h3-8,11H,9-10H2,1-2H3. The van der Waals surface area contributed by atoms with Gasteiger partial charge in [0.25, 0.3) is 0 Å². The topological polar surface area (TPSA) is 33.2 Å². The number of hydrogen-bond donors (Lipinski definition) is 0. The van der Waals surface area contributed by atoms with Crippen molar-refractivity contribution in [1.82, 2.24) is 9.88 Å². The zero-order valence-corrected chi connectivity index (χ0v) is 15.8. The molecule has 0 aliphatic heterocycles. The van der Waals surface area contributed by atoms with Crippen molar-refractivity contribution in [3.05, 3.63) is 61.6 Å². The summed E-state index contributed by atoms with van der Waals surface area (Å²) in [4.78, 5) is 19.7. The van der Waals surface area contributed by atoms with E-state index < -0.39 is 0 Å². The second kappa shape index (κ2) is 7.47. The third-order valence-corrected chi connectivity index (χ3v) is 5.66. The summed E-state index contributed by atoms with van der Waals surface area (Å²) in [6.07, 6.45) is 0.395. The largest absolute Gasteiger partial charge is 0.340 e. The van der Waals surface area contributed by atoms with E-state index in [0.29, 0.717) is 13.0 Å². The van der Waals surface area contributed by atoms with Crippen molar-refractivity contribution in [2.24, 2.45) is 0 Å². The molecular weight excluding hydrogens is 360 g/mol. The van der Waals surface area contributed by atoms with Gasteiger partial charge in [0.2, 0.25) is 5.91 Å². The molecule has 0 aliphatic rings. The molecule has 6 heteroatoms. The van der Waals surface area contributed by atoms with Crippen molar-refractivity contribution in [3.8, 4) is 11.3 Å². The van der Waals surface area contributed by atoms with Crippen LogP contribution in [0.15, 0.2) is 41.8 Å². The fraction of sp³-hybridized carbons (Fsp3) is 0.222. The minimum Gasteiger partial charge on any atom is -0.340 e. The summed E-state index contributed by atoms with van der Waals surface area (Å²) in [5.41, 5.74) is 3.07. The van der Waals surface area contributed by atoms with Gasteiger partial charge in [-0.05, 0) is 24.6 Å². The fourth-order valence-electron chi connectivity index (χ4n) is 2.36. The number of thiazole rings is 1. The number of hydrogen-bond acceptors (Lipinski definition) is 4. The Balaban J connectivity index is 1.61. The van der Waals surface area contributed by atoms with Crippen molar-refractivity contribution in [1.29, 1.82) is 0 Å². The third-order valence-electron chi connectivity index (χ3n) is 3.67. The highest BCUT2D eigenvalue weighted by molar-refractivity contribution is 7.16. The van der Waals surface area contributed by atoms with E-state index in [1.165, 1.54) is 11.3 Å². The summed E-state index contributed by atoms with van der Waals surface area (Å²) < 4.78 is 0.749. The Hall–Kier alpha value is -1.69. The number of aryl methyl sites for hydroxylation is 1. The normalized spacial score (nSPS) is 10.8. The third kappa shape index (κ3) is 4.23. The first-order chi connectivity index (χ1) is 11.5. The lowest BCUT2D eigenvalue weighted by molar-refractivity contribution is -0.129. The highest BCUT2D eigenvalue weighted by atomic mass is 35.5. The first kappa shape index (κ1) is 17.1. The van der Waals surface area contributed by atoms with Crippen LogP contribution in [-0.2, 0) is 17.8 Å². The molecule has 0 saturated carbocycles. The van der Waals surface area contributed by atoms with Crippen molar-refractivity contribution in [3.63, 3.8) is 0 Å². The van der Waals surface area contributed by atoms with E-state index in [2.05, 4.69) is 10.4 Å². The number of aromatic nitrogens is 1. The van der Waals surface area contributed by atoms with E-state index in [0.717, 1.165) is 31.0 Å². The number of thiophene rings is 1. The number of nitrogens with zero attached hydrogens (tertiary/aromatic N) is 2. The Bertz CT molecular complexity index is 839. The lowest BCUT2D eigenvalue weighted by Gasteiger charge is -2.16. The summed E-state index contributed by atoms with van der Waals surface area (Å²) >= 11 is 9.08. The van der Waals surface area contributed by atoms with Crippen LogP contribution >= 0.6 is 34.3 Å². The molecule has 3 rings (SSSR count). The number of likely N-dealkylation sites (N-methyl/N-ethyl adjacent to an activating group) is 1. The number of amides is 1. The molecule has 0 saturated heterocycles. The maximum absolute atomic E-state index is 12.4. The summed E-state index contributed by atoms with van der Waals surface area (Å²) in [5.74, 6) is 0.0942. The predicted molar refractivity (Wildman–Crippen MR) is 102 cm³/mol. The summed E-state index contributed by atoms with van der Waals surface area (Å²) in [6, 6.07) is 11.9. The predicted octanol–water partition coefficient (Wildman–Crippen LogP) is 5.03. The molecule has 0 atom stereocenters. The minimum absolute atomic E-state index is 0.0942. The first-order valence-electron chi connectivity index (χ1n) is 7.51. The molecule has 3 nitrogen and oxygen atoms in total.